The number of methoxy groups -OCH3 is 1. The first-order valence-corrected chi connectivity index (χ1v) is 5.49. The zero-order chi connectivity index (χ0) is 12.7. The van der Waals surface area contributed by atoms with Gasteiger partial charge in [-0.05, 0) is 20.9 Å². The minimum Gasteiger partial charge on any atom is -0.469 e. The predicted octanol–water partition coefficient (Wildman–Crippen LogP) is 0.252. The van der Waals surface area contributed by atoms with Crippen molar-refractivity contribution in [1.82, 2.24) is 10.2 Å². The first kappa shape index (κ1) is 14.9. The molecule has 0 aromatic heterocycles. The van der Waals surface area contributed by atoms with E-state index in [-0.39, 0.29) is 23.8 Å². The summed E-state index contributed by atoms with van der Waals surface area (Å²) in [6.45, 7) is 6.60. The van der Waals surface area contributed by atoms with Crippen LogP contribution in [-0.4, -0.2) is 50.1 Å². The quantitative estimate of drug-likeness (QED) is 0.665. The molecular formula is C11H22N2O3. The van der Waals surface area contributed by atoms with Gasteiger partial charge in [-0.2, -0.15) is 0 Å². The van der Waals surface area contributed by atoms with Gasteiger partial charge in [-0.3, -0.25) is 14.5 Å². The maximum atomic E-state index is 11.5. The number of nitrogens with zero attached hydrogens (tertiary/aromatic N) is 1. The van der Waals surface area contributed by atoms with Gasteiger partial charge in [0.25, 0.3) is 0 Å². The molecule has 1 N–H and O–H groups in total. The van der Waals surface area contributed by atoms with Crippen LogP contribution in [0.15, 0.2) is 0 Å². The average molecular weight is 230 g/mol. The summed E-state index contributed by atoms with van der Waals surface area (Å²) < 4.78 is 4.63. The molecule has 0 bridgehead atoms. The Morgan fingerprint density at radius 3 is 2.38 bits per heavy atom. The van der Waals surface area contributed by atoms with Crippen molar-refractivity contribution in [2.75, 3.05) is 27.2 Å². The highest BCUT2D eigenvalue weighted by Gasteiger charge is 2.22. The first-order valence-electron chi connectivity index (χ1n) is 5.49. The van der Waals surface area contributed by atoms with Crippen LogP contribution in [-0.2, 0) is 14.3 Å². The minimum absolute atomic E-state index is 0.0259. The molecule has 0 aliphatic rings. The van der Waals surface area contributed by atoms with E-state index in [4.69, 9.17) is 0 Å². The molecule has 0 fully saturated rings. The lowest BCUT2D eigenvalue weighted by atomic mass is 10.1. The lowest BCUT2D eigenvalue weighted by Gasteiger charge is -2.25. The van der Waals surface area contributed by atoms with Crippen molar-refractivity contribution in [3.05, 3.63) is 0 Å². The van der Waals surface area contributed by atoms with Gasteiger partial charge >= 0.3 is 5.97 Å². The molecule has 5 nitrogen and oxygen atoms in total. The lowest BCUT2D eigenvalue weighted by molar-refractivity contribution is -0.146. The van der Waals surface area contributed by atoms with Crippen LogP contribution >= 0.6 is 0 Å². The smallest absolute Gasteiger partial charge is 0.309 e. The summed E-state index contributed by atoms with van der Waals surface area (Å²) in [5, 5.41) is 2.75. The van der Waals surface area contributed by atoms with E-state index in [1.54, 1.807) is 6.92 Å². The van der Waals surface area contributed by atoms with Gasteiger partial charge in [0.15, 0.2) is 0 Å². The van der Waals surface area contributed by atoms with Crippen LogP contribution in [0, 0.1) is 5.92 Å². The molecule has 0 heterocycles. The van der Waals surface area contributed by atoms with Crippen molar-refractivity contribution < 1.29 is 14.3 Å². The van der Waals surface area contributed by atoms with Crippen molar-refractivity contribution in [3.63, 3.8) is 0 Å². The summed E-state index contributed by atoms with van der Waals surface area (Å²) in [6, 6.07) is -0.243. The van der Waals surface area contributed by atoms with Gasteiger partial charge in [-0.15, -0.1) is 0 Å². The van der Waals surface area contributed by atoms with Gasteiger partial charge in [-0.1, -0.05) is 6.92 Å². The van der Waals surface area contributed by atoms with E-state index in [1.165, 1.54) is 7.11 Å². The van der Waals surface area contributed by atoms with Gasteiger partial charge in [0, 0.05) is 13.1 Å². The molecule has 94 valence electrons. The molecule has 0 radical (unpaired) electrons. The fraction of sp³-hybridized carbons (Fsp3) is 0.818. The Kier molecular flexibility index (Phi) is 6.72. The van der Waals surface area contributed by atoms with E-state index in [1.807, 2.05) is 25.8 Å². The zero-order valence-corrected chi connectivity index (χ0v) is 10.7. The molecule has 0 aliphatic heterocycles. The molecule has 0 aromatic rings. The predicted molar refractivity (Wildman–Crippen MR) is 62.0 cm³/mol. The number of ether oxygens (including phenoxy) is 1. The van der Waals surface area contributed by atoms with Crippen molar-refractivity contribution >= 4 is 11.9 Å². The second-order valence-corrected chi connectivity index (χ2v) is 3.93. The highest BCUT2D eigenvalue weighted by Crippen LogP contribution is 2.04. The van der Waals surface area contributed by atoms with Crippen LogP contribution in [0.5, 0.6) is 0 Å². The lowest BCUT2D eigenvalue weighted by Crippen LogP contribution is -2.45. The van der Waals surface area contributed by atoms with Gasteiger partial charge in [0.05, 0.1) is 19.1 Å². The van der Waals surface area contributed by atoms with E-state index >= 15 is 0 Å². The van der Waals surface area contributed by atoms with Crippen LogP contribution in [0.1, 0.15) is 20.8 Å². The van der Waals surface area contributed by atoms with Gasteiger partial charge in [-0.25, -0.2) is 0 Å². The Bertz CT molecular complexity index is 243. The number of esters is 1. The summed E-state index contributed by atoms with van der Waals surface area (Å²) in [5.41, 5.74) is 0. The Morgan fingerprint density at radius 1 is 1.38 bits per heavy atom. The van der Waals surface area contributed by atoms with E-state index in [0.717, 1.165) is 0 Å². The number of nitrogens with one attached hydrogen (secondary N) is 1. The molecule has 0 saturated heterocycles. The number of hydrogen-bond donors (Lipinski definition) is 1. The SMILES string of the molecule is CCNC(=O)C(C)N(C)CC(C)C(=O)OC. The molecule has 1 amide bonds. The summed E-state index contributed by atoms with van der Waals surface area (Å²) in [7, 11) is 3.19. The van der Waals surface area contributed by atoms with Crippen LogP contribution in [0.25, 0.3) is 0 Å². The van der Waals surface area contributed by atoms with Gasteiger partial charge in [0.2, 0.25) is 5.91 Å². The van der Waals surface area contributed by atoms with Gasteiger partial charge < -0.3 is 10.1 Å². The third kappa shape index (κ3) is 4.61. The number of hydrogen-bond acceptors (Lipinski definition) is 4. The standard InChI is InChI=1S/C11H22N2O3/c1-6-12-10(14)9(3)13(4)7-8(2)11(15)16-5/h8-9H,6-7H2,1-5H3,(H,12,14). The average Bonchev–Trinajstić information content (AvgIpc) is 2.26. The maximum absolute atomic E-state index is 11.5. The molecule has 0 rings (SSSR count). The van der Waals surface area contributed by atoms with E-state index < -0.39 is 0 Å². The Balaban J connectivity index is 4.18. The molecule has 2 unspecified atom stereocenters. The fourth-order valence-electron chi connectivity index (χ4n) is 1.39. The maximum Gasteiger partial charge on any atom is 0.309 e. The van der Waals surface area contributed by atoms with Crippen LogP contribution < -0.4 is 5.32 Å². The molecule has 0 aromatic carbocycles. The van der Waals surface area contributed by atoms with E-state index in [0.29, 0.717) is 13.1 Å². The highest BCUT2D eigenvalue weighted by molar-refractivity contribution is 5.81. The van der Waals surface area contributed by atoms with Crippen LogP contribution in [0.3, 0.4) is 0 Å². The monoisotopic (exact) mass is 230 g/mol. The molecule has 5 heteroatoms. The second-order valence-electron chi connectivity index (χ2n) is 3.93. The number of carbonyl (C=O) groups is 2. The number of amides is 1. The third-order valence-corrected chi connectivity index (χ3v) is 2.56. The Morgan fingerprint density at radius 2 is 1.94 bits per heavy atom. The normalized spacial score (nSPS) is 14.4. The van der Waals surface area contributed by atoms with Crippen LogP contribution in [0.4, 0.5) is 0 Å². The number of carbonyl (C=O) groups excluding carboxylic acids is 2. The molecule has 0 aliphatic carbocycles. The topological polar surface area (TPSA) is 58.6 Å². The number of rotatable bonds is 6. The summed E-state index contributed by atoms with van der Waals surface area (Å²) in [6.07, 6.45) is 0. The fourth-order valence-corrected chi connectivity index (χ4v) is 1.39. The zero-order valence-electron chi connectivity index (χ0n) is 10.7. The Labute approximate surface area is 97.1 Å². The summed E-state index contributed by atoms with van der Waals surface area (Å²) >= 11 is 0. The van der Waals surface area contributed by atoms with E-state index in [2.05, 4.69) is 10.1 Å². The Hall–Kier alpha value is -1.10. The summed E-state index contributed by atoms with van der Waals surface area (Å²) in [5.74, 6) is -0.510. The first-order chi connectivity index (χ1) is 7.43. The van der Waals surface area contributed by atoms with Gasteiger partial charge in [0.1, 0.15) is 0 Å². The van der Waals surface area contributed by atoms with Crippen molar-refractivity contribution in [1.29, 1.82) is 0 Å². The molecule has 0 saturated carbocycles. The third-order valence-electron chi connectivity index (χ3n) is 2.56. The van der Waals surface area contributed by atoms with Crippen molar-refractivity contribution in [3.8, 4) is 0 Å². The number of likely N-dealkylation sites (N-methyl/N-ethyl adjacent to an activating group) is 2. The molecule has 16 heavy (non-hydrogen) atoms. The second kappa shape index (κ2) is 7.22. The van der Waals surface area contributed by atoms with Crippen molar-refractivity contribution in [2.24, 2.45) is 5.92 Å². The largest absolute Gasteiger partial charge is 0.469 e. The molecular weight excluding hydrogens is 208 g/mol. The van der Waals surface area contributed by atoms with E-state index in [9.17, 15) is 9.59 Å². The highest BCUT2D eigenvalue weighted by atomic mass is 16.5. The molecule has 0 spiro atoms. The van der Waals surface area contributed by atoms with Crippen molar-refractivity contribution in [2.45, 2.75) is 26.8 Å². The molecule has 2 atom stereocenters. The summed E-state index contributed by atoms with van der Waals surface area (Å²) in [4.78, 5) is 24.6. The van der Waals surface area contributed by atoms with Crippen LogP contribution in [0.2, 0.25) is 0 Å². The minimum atomic E-state index is -0.255.